The monoisotopic (exact) mass is 339 g/mol. The Labute approximate surface area is 138 Å². The number of carbonyl (C=O) groups excluding carboxylic acids is 1. The SMILES string of the molecule is O=C(NC1(C(=O)O)CCSCC1)C1CC1c1ccccc1Cl. The lowest BCUT2D eigenvalue weighted by Gasteiger charge is -2.33. The number of nitrogens with one attached hydrogen (secondary N) is 1. The Kier molecular flexibility index (Phi) is 4.37. The lowest BCUT2D eigenvalue weighted by atomic mass is 9.92. The number of benzene rings is 1. The maximum atomic E-state index is 12.5. The summed E-state index contributed by atoms with van der Waals surface area (Å²) in [5.74, 6) is 0.412. The second-order valence-electron chi connectivity index (χ2n) is 5.96. The van der Waals surface area contributed by atoms with E-state index in [1.807, 2.05) is 24.3 Å². The minimum Gasteiger partial charge on any atom is -0.480 e. The van der Waals surface area contributed by atoms with E-state index in [-0.39, 0.29) is 17.7 Å². The van der Waals surface area contributed by atoms with Crippen LogP contribution in [0.4, 0.5) is 0 Å². The maximum absolute atomic E-state index is 12.5. The number of carbonyl (C=O) groups is 2. The molecule has 1 heterocycles. The van der Waals surface area contributed by atoms with Crippen LogP contribution in [0.25, 0.3) is 0 Å². The van der Waals surface area contributed by atoms with Crippen molar-refractivity contribution in [2.24, 2.45) is 5.92 Å². The summed E-state index contributed by atoms with van der Waals surface area (Å²) >= 11 is 7.90. The number of aliphatic carboxylic acids is 1. The molecule has 2 fully saturated rings. The summed E-state index contributed by atoms with van der Waals surface area (Å²) in [6, 6.07) is 7.53. The summed E-state index contributed by atoms with van der Waals surface area (Å²) in [6.07, 6.45) is 1.71. The van der Waals surface area contributed by atoms with Crippen LogP contribution >= 0.6 is 23.4 Å². The first-order valence-corrected chi connectivity index (χ1v) is 8.94. The third-order valence-electron chi connectivity index (χ3n) is 4.55. The lowest BCUT2D eigenvalue weighted by molar-refractivity contribution is -0.148. The molecule has 0 radical (unpaired) electrons. The minimum absolute atomic E-state index is 0.109. The van der Waals surface area contributed by atoms with Gasteiger partial charge in [-0.3, -0.25) is 4.79 Å². The largest absolute Gasteiger partial charge is 0.480 e. The van der Waals surface area contributed by atoms with Crippen molar-refractivity contribution in [2.75, 3.05) is 11.5 Å². The van der Waals surface area contributed by atoms with E-state index in [1.54, 1.807) is 11.8 Å². The first-order chi connectivity index (χ1) is 10.5. The molecule has 1 aromatic carbocycles. The number of carboxylic acids is 1. The lowest BCUT2D eigenvalue weighted by Crippen LogP contribution is -2.57. The van der Waals surface area contributed by atoms with Gasteiger partial charge in [0.2, 0.25) is 5.91 Å². The molecule has 1 saturated heterocycles. The fourth-order valence-electron chi connectivity index (χ4n) is 3.05. The fraction of sp³-hybridized carbons (Fsp3) is 0.500. The van der Waals surface area contributed by atoms with Crippen molar-refractivity contribution in [2.45, 2.75) is 30.7 Å². The molecule has 6 heteroatoms. The first-order valence-electron chi connectivity index (χ1n) is 7.41. The van der Waals surface area contributed by atoms with Crippen LogP contribution in [0, 0.1) is 5.92 Å². The van der Waals surface area contributed by atoms with Crippen molar-refractivity contribution < 1.29 is 14.7 Å². The van der Waals surface area contributed by atoms with Crippen molar-refractivity contribution in [1.29, 1.82) is 0 Å². The molecule has 4 nitrogen and oxygen atoms in total. The number of hydrogen-bond acceptors (Lipinski definition) is 3. The molecular weight excluding hydrogens is 322 g/mol. The highest BCUT2D eigenvalue weighted by Gasteiger charge is 2.49. The standard InChI is InChI=1S/C16H18ClNO3S/c17-13-4-2-1-3-10(13)11-9-12(11)14(19)18-16(15(20)21)5-7-22-8-6-16/h1-4,11-12H,5-9H2,(H,18,19)(H,20,21). The second kappa shape index (κ2) is 6.13. The van der Waals surface area contributed by atoms with Crippen LogP contribution in [0.5, 0.6) is 0 Å². The molecule has 118 valence electrons. The molecule has 2 unspecified atom stereocenters. The van der Waals surface area contributed by atoms with Gasteiger partial charge in [0, 0.05) is 10.9 Å². The predicted molar refractivity (Wildman–Crippen MR) is 87.4 cm³/mol. The van der Waals surface area contributed by atoms with Crippen molar-refractivity contribution in [3.8, 4) is 0 Å². The highest BCUT2D eigenvalue weighted by Crippen LogP contribution is 2.50. The van der Waals surface area contributed by atoms with Crippen molar-refractivity contribution in [3.05, 3.63) is 34.9 Å². The van der Waals surface area contributed by atoms with E-state index in [0.29, 0.717) is 17.9 Å². The molecular formula is C16H18ClNO3S. The quantitative estimate of drug-likeness (QED) is 0.885. The number of amides is 1. The Morgan fingerprint density at radius 3 is 2.59 bits per heavy atom. The Morgan fingerprint density at radius 1 is 1.27 bits per heavy atom. The van der Waals surface area contributed by atoms with Gasteiger partial charge in [0.25, 0.3) is 0 Å². The van der Waals surface area contributed by atoms with Crippen molar-refractivity contribution >= 4 is 35.2 Å². The average molecular weight is 340 g/mol. The summed E-state index contributed by atoms with van der Waals surface area (Å²) in [6.45, 7) is 0. The van der Waals surface area contributed by atoms with Gasteiger partial charge in [-0.15, -0.1) is 0 Å². The molecule has 1 aliphatic carbocycles. The molecule has 22 heavy (non-hydrogen) atoms. The van der Waals surface area contributed by atoms with E-state index < -0.39 is 11.5 Å². The van der Waals surface area contributed by atoms with Gasteiger partial charge in [0.15, 0.2) is 0 Å². The molecule has 3 rings (SSSR count). The van der Waals surface area contributed by atoms with Crippen LogP contribution in [0.3, 0.4) is 0 Å². The van der Waals surface area contributed by atoms with E-state index in [0.717, 1.165) is 23.5 Å². The van der Waals surface area contributed by atoms with Crippen molar-refractivity contribution in [1.82, 2.24) is 5.32 Å². The van der Waals surface area contributed by atoms with E-state index in [1.165, 1.54) is 0 Å². The molecule has 2 aliphatic rings. The van der Waals surface area contributed by atoms with Gasteiger partial charge in [-0.2, -0.15) is 11.8 Å². The first kappa shape index (κ1) is 15.7. The van der Waals surface area contributed by atoms with Crippen LogP contribution in [-0.2, 0) is 9.59 Å². The number of halogens is 1. The molecule has 0 spiro atoms. The molecule has 1 amide bonds. The highest BCUT2D eigenvalue weighted by molar-refractivity contribution is 7.99. The maximum Gasteiger partial charge on any atom is 0.329 e. The Bertz CT molecular complexity index is 601. The zero-order valence-corrected chi connectivity index (χ0v) is 13.6. The molecule has 2 N–H and O–H groups in total. The Morgan fingerprint density at radius 2 is 1.95 bits per heavy atom. The molecule has 2 atom stereocenters. The summed E-state index contributed by atoms with van der Waals surface area (Å²) in [5.41, 5.74) is -0.108. The van der Waals surface area contributed by atoms with Crippen LogP contribution in [0.15, 0.2) is 24.3 Å². The molecule has 1 aromatic rings. The van der Waals surface area contributed by atoms with Gasteiger partial charge in [-0.05, 0) is 48.3 Å². The number of hydrogen-bond donors (Lipinski definition) is 2. The highest BCUT2D eigenvalue weighted by atomic mass is 35.5. The van der Waals surface area contributed by atoms with Crippen LogP contribution in [-0.4, -0.2) is 34.0 Å². The van der Waals surface area contributed by atoms with E-state index >= 15 is 0 Å². The summed E-state index contributed by atoms with van der Waals surface area (Å²) in [7, 11) is 0. The van der Waals surface area contributed by atoms with Gasteiger partial charge in [-0.1, -0.05) is 29.8 Å². The topological polar surface area (TPSA) is 66.4 Å². The Hall–Kier alpha value is -1.20. The number of rotatable bonds is 4. The van der Waals surface area contributed by atoms with Gasteiger partial charge in [0.1, 0.15) is 5.54 Å². The van der Waals surface area contributed by atoms with Gasteiger partial charge in [-0.25, -0.2) is 4.79 Å². The van der Waals surface area contributed by atoms with Gasteiger partial charge >= 0.3 is 5.97 Å². The second-order valence-corrected chi connectivity index (χ2v) is 7.59. The van der Waals surface area contributed by atoms with Crippen LogP contribution in [0.2, 0.25) is 5.02 Å². The third kappa shape index (κ3) is 2.97. The van der Waals surface area contributed by atoms with Crippen LogP contribution in [0.1, 0.15) is 30.7 Å². The van der Waals surface area contributed by atoms with Crippen molar-refractivity contribution in [3.63, 3.8) is 0 Å². The summed E-state index contributed by atoms with van der Waals surface area (Å²) in [4.78, 5) is 24.1. The third-order valence-corrected chi connectivity index (χ3v) is 5.88. The summed E-state index contributed by atoms with van der Waals surface area (Å²) < 4.78 is 0. The minimum atomic E-state index is -1.09. The molecule has 1 saturated carbocycles. The zero-order chi connectivity index (χ0) is 15.7. The van der Waals surface area contributed by atoms with Gasteiger partial charge < -0.3 is 10.4 Å². The van der Waals surface area contributed by atoms with Crippen LogP contribution < -0.4 is 5.32 Å². The predicted octanol–water partition coefficient (Wildman–Crippen LogP) is 2.91. The van der Waals surface area contributed by atoms with E-state index in [9.17, 15) is 14.7 Å². The summed E-state index contributed by atoms with van der Waals surface area (Å²) in [5, 5.41) is 13.0. The molecule has 0 bridgehead atoms. The normalized spacial score (nSPS) is 26.2. The fourth-order valence-corrected chi connectivity index (χ4v) is 4.51. The van der Waals surface area contributed by atoms with Gasteiger partial charge in [0.05, 0.1) is 0 Å². The Balaban J connectivity index is 1.68. The average Bonchev–Trinajstić information content (AvgIpc) is 3.29. The number of thioether (sulfide) groups is 1. The number of carboxylic acid groups (broad SMARTS) is 1. The zero-order valence-electron chi connectivity index (χ0n) is 12.0. The van der Waals surface area contributed by atoms with E-state index in [2.05, 4.69) is 5.32 Å². The molecule has 0 aromatic heterocycles. The smallest absolute Gasteiger partial charge is 0.329 e. The van der Waals surface area contributed by atoms with E-state index in [4.69, 9.17) is 11.6 Å². The molecule has 1 aliphatic heterocycles.